The van der Waals surface area contributed by atoms with Crippen LogP contribution in [0.1, 0.15) is 125 Å². The van der Waals surface area contributed by atoms with Gasteiger partial charge in [-0.1, -0.05) is 46.5 Å². The van der Waals surface area contributed by atoms with Crippen LogP contribution in [-0.4, -0.2) is 114 Å². The summed E-state index contributed by atoms with van der Waals surface area (Å²) in [5.41, 5.74) is 0. The molecule has 10 atom stereocenters. The number of aliphatic carboxylic acids is 4. The monoisotopic (exact) mass is 763 g/mol. The largest absolute Gasteiger partial charge is 0.481 e. The van der Waals surface area contributed by atoms with Gasteiger partial charge < -0.3 is 50.5 Å². The quantitative estimate of drug-likeness (QED) is 0.0385. The molecule has 0 aliphatic rings. The van der Waals surface area contributed by atoms with Crippen molar-refractivity contribution in [3.8, 4) is 0 Å². The number of aliphatic hydroxyl groups excluding tert-OH is 3. The Labute approximate surface area is 310 Å². The van der Waals surface area contributed by atoms with Gasteiger partial charge in [-0.2, -0.15) is 0 Å². The van der Waals surface area contributed by atoms with E-state index < -0.39 is 116 Å². The van der Waals surface area contributed by atoms with Crippen LogP contribution in [-0.2, 0) is 43.0 Å². The summed E-state index contributed by atoms with van der Waals surface area (Å²) in [7, 11) is 0. The number of rotatable bonds is 30. The SMILES string of the molecule is CCCC[C@@H](C)[C@@H](OC(=O)CC(CC(=O)O)C(=O)O)[C@H](C[C@@H](C)C[C@H](O)CCCC[C@@H](O)C[C@H](O)[C@H](C)NC(C)=O)OC(=O)CC(CC(=O)O)C(=O)O. The van der Waals surface area contributed by atoms with Gasteiger partial charge in [0.2, 0.25) is 5.91 Å². The Morgan fingerprint density at radius 3 is 1.53 bits per heavy atom. The van der Waals surface area contributed by atoms with Crippen LogP contribution in [0.4, 0.5) is 0 Å². The second kappa shape index (κ2) is 26.0. The molecule has 0 aromatic carbocycles. The van der Waals surface area contributed by atoms with Gasteiger partial charge in [-0.25, -0.2) is 0 Å². The Morgan fingerprint density at radius 1 is 0.623 bits per heavy atom. The number of hydrogen-bond donors (Lipinski definition) is 8. The van der Waals surface area contributed by atoms with Crippen LogP contribution in [0.25, 0.3) is 0 Å². The maximum atomic E-state index is 13.1. The number of carbonyl (C=O) groups is 7. The Balaban J connectivity index is 5.90. The summed E-state index contributed by atoms with van der Waals surface area (Å²) in [6, 6.07) is -0.534. The van der Waals surface area contributed by atoms with Crippen LogP contribution in [0.15, 0.2) is 0 Å². The van der Waals surface area contributed by atoms with Crippen LogP contribution >= 0.6 is 0 Å². The minimum Gasteiger partial charge on any atom is -0.481 e. The van der Waals surface area contributed by atoms with E-state index in [1.54, 1.807) is 20.8 Å². The normalized spacial score (nSPS) is 17.1. The van der Waals surface area contributed by atoms with E-state index in [1.807, 2.05) is 6.92 Å². The second-order valence-electron chi connectivity index (χ2n) is 14.2. The molecule has 0 bridgehead atoms. The van der Waals surface area contributed by atoms with Gasteiger partial charge in [-0.15, -0.1) is 0 Å². The third-order valence-corrected chi connectivity index (χ3v) is 9.01. The molecule has 53 heavy (non-hydrogen) atoms. The first-order valence-corrected chi connectivity index (χ1v) is 18.3. The molecule has 17 heteroatoms. The highest BCUT2D eigenvalue weighted by molar-refractivity contribution is 5.84. The number of ether oxygens (including phenoxy) is 2. The molecule has 0 saturated carbocycles. The van der Waals surface area contributed by atoms with Gasteiger partial charge in [-0.3, -0.25) is 33.6 Å². The number of esters is 2. The first-order valence-electron chi connectivity index (χ1n) is 18.3. The summed E-state index contributed by atoms with van der Waals surface area (Å²) in [6.07, 6.45) is -4.36. The molecule has 8 N–H and O–H groups in total. The zero-order chi connectivity index (χ0) is 40.8. The molecule has 0 aliphatic heterocycles. The highest BCUT2D eigenvalue weighted by atomic mass is 16.6. The van der Waals surface area contributed by atoms with Crippen molar-refractivity contribution in [1.29, 1.82) is 0 Å². The predicted molar refractivity (Wildman–Crippen MR) is 187 cm³/mol. The van der Waals surface area contributed by atoms with Crippen molar-refractivity contribution in [3.05, 3.63) is 0 Å². The summed E-state index contributed by atoms with van der Waals surface area (Å²) in [5, 5.41) is 71.0. The molecule has 17 nitrogen and oxygen atoms in total. The molecule has 0 saturated heterocycles. The lowest BCUT2D eigenvalue weighted by molar-refractivity contribution is -0.177. The third-order valence-electron chi connectivity index (χ3n) is 9.01. The van der Waals surface area contributed by atoms with Crippen molar-refractivity contribution in [2.75, 3.05) is 0 Å². The van der Waals surface area contributed by atoms with Gasteiger partial charge >= 0.3 is 35.8 Å². The van der Waals surface area contributed by atoms with Gasteiger partial charge in [0.1, 0.15) is 12.2 Å². The van der Waals surface area contributed by atoms with E-state index in [4.69, 9.17) is 19.7 Å². The van der Waals surface area contributed by atoms with E-state index in [0.717, 1.165) is 6.42 Å². The number of amides is 1. The number of nitrogens with one attached hydrogen (secondary N) is 1. The van der Waals surface area contributed by atoms with Gasteiger partial charge in [0.15, 0.2) is 0 Å². The Kier molecular flexibility index (Phi) is 24.1. The maximum absolute atomic E-state index is 13.1. The minimum atomic E-state index is -1.60. The molecule has 0 aromatic rings. The van der Waals surface area contributed by atoms with Crippen molar-refractivity contribution < 1.29 is 78.8 Å². The highest BCUT2D eigenvalue weighted by Gasteiger charge is 2.37. The molecule has 1 amide bonds. The van der Waals surface area contributed by atoms with E-state index in [9.17, 15) is 59.1 Å². The molecule has 0 radical (unpaired) electrons. The number of carboxylic acids is 4. The number of aliphatic hydroxyl groups is 3. The van der Waals surface area contributed by atoms with Crippen LogP contribution in [0.2, 0.25) is 0 Å². The van der Waals surface area contributed by atoms with Crippen LogP contribution in [0, 0.1) is 23.7 Å². The summed E-state index contributed by atoms with van der Waals surface area (Å²) in [5.74, 6) is -12.4. The molecular weight excluding hydrogens is 702 g/mol. The molecule has 0 aromatic heterocycles. The second-order valence-corrected chi connectivity index (χ2v) is 14.2. The fourth-order valence-corrected chi connectivity index (χ4v) is 6.09. The number of carboxylic acid groups (broad SMARTS) is 4. The van der Waals surface area contributed by atoms with Crippen molar-refractivity contribution >= 4 is 41.7 Å². The summed E-state index contributed by atoms with van der Waals surface area (Å²) >= 11 is 0. The lowest BCUT2D eigenvalue weighted by Crippen LogP contribution is -2.42. The fourth-order valence-electron chi connectivity index (χ4n) is 6.09. The summed E-state index contributed by atoms with van der Waals surface area (Å²) in [6.45, 7) is 8.35. The van der Waals surface area contributed by atoms with Gasteiger partial charge in [0, 0.05) is 13.3 Å². The van der Waals surface area contributed by atoms with Gasteiger partial charge in [0.05, 0.1) is 61.9 Å². The predicted octanol–water partition coefficient (Wildman–Crippen LogP) is 2.74. The smallest absolute Gasteiger partial charge is 0.307 e. The first-order chi connectivity index (χ1) is 24.7. The van der Waals surface area contributed by atoms with E-state index in [2.05, 4.69) is 5.32 Å². The fraction of sp³-hybridized carbons (Fsp3) is 0.806. The Hall–Kier alpha value is -3.83. The summed E-state index contributed by atoms with van der Waals surface area (Å²) < 4.78 is 11.4. The van der Waals surface area contributed by atoms with Crippen LogP contribution in [0.5, 0.6) is 0 Å². The third kappa shape index (κ3) is 22.8. The van der Waals surface area contributed by atoms with Crippen molar-refractivity contribution in [2.45, 2.75) is 161 Å². The van der Waals surface area contributed by atoms with Crippen molar-refractivity contribution in [2.24, 2.45) is 23.7 Å². The minimum absolute atomic E-state index is 0.00838. The molecular formula is C36H61NO16. The van der Waals surface area contributed by atoms with E-state index in [0.29, 0.717) is 38.5 Å². The maximum Gasteiger partial charge on any atom is 0.307 e. The molecule has 2 unspecified atom stereocenters. The van der Waals surface area contributed by atoms with Crippen molar-refractivity contribution in [3.63, 3.8) is 0 Å². The Bertz CT molecular complexity index is 1180. The van der Waals surface area contributed by atoms with E-state index in [1.165, 1.54) is 6.92 Å². The van der Waals surface area contributed by atoms with E-state index in [-0.39, 0.29) is 31.1 Å². The highest BCUT2D eigenvalue weighted by Crippen LogP contribution is 2.29. The van der Waals surface area contributed by atoms with E-state index >= 15 is 0 Å². The van der Waals surface area contributed by atoms with Gasteiger partial charge in [-0.05, 0) is 50.9 Å². The average Bonchev–Trinajstić information content (AvgIpc) is 3.02. The molecule has 0 rings (SSSR count). The standard InChI is InChI=1S/C36H61NO16/c1-6-7-10-21(3)34(53-33(47)18-25(36(50)51)16-31(44)45)29(52-32(46)17-24(35(48)49)15-30(42)43)14-20(2)13-26(39)11-8-9-12-27(40)19-28(41)22(4)37-23(5)38/h20-22,24-29,34,39-41H,6-19H2,1-5H3,(H,37,38)(H,42,43)(H,44,45)(H,48,49)(H,50,51)/t20-,21+,22-,24?,25?,26+,27+,28-,29-,34+/m0/s1. The number of unbranched alkanes of at least 4 members (excludes halogenated alkanes) is 2. The van der Waals surface area contributed by atoms with Gasteiger partial charge in [0.25, 0.3) is 0 Å². The summed E-state index contributed by atoms with van der Waals surface area (Å²) in [4.78, 5) is 83.0. The van der Waals surface area contributed by atoms with Crippen LogP contribution < -0.4 is 5.32 Å². The zero-order valence-electron chi connectivity index (χ0n) is 31.5. The number of carbonyl (C=O) groups excluding carboxylic acids is 3. The molecule has 0 spiro atoms. The average molecular weight is 764 g/mol. The van der Waals surface area contributed by atoms with Crippen LogP contribution in [0.3, 0.4) is 0 Å². The molecule has 0 heterocycles. The lowest BCUT2D eigenvalue weighted by Gasteiger charge is -2.33. The lowest BCUT2D eigenvalue weighted by atomic mass is 9.87. The number of hydrogen-bond acceptors (Lipinski definition) is 12. The molecule has 0 aliphatic carbocycles. The zero-order valence-corrected chi connectivity index (χ0v) is 31.5. The topological polar surface area (TPSA) is 292 Å². The Morgan fingerprint density at radius 2 is 1.09 bits per heavy atom. The first kappa shape index (κ1) is 49.2. The molecule has 0 fully saturated rings. The van der Waals surface area contributed by atoms with Crippen molar-refractivity contribution in [1.82, 2.24) is 5.32 Å². The molecule has 306 valence electrons.